The second kappa shape index (κ2) is 11.2. The molecular formula is C32H29NO2P2. The smallest absolute Gasteiger partial charge is 0.149 e. The fraction of sp³-hybridized carbons (Fsp3) is 0.0625. The van der Waals surface area contributed by atoms with Crippen LogP contribution in [0, 0.1) is 0 Å². The molecule has 0 radical (unpaired) electrons. The van der Waals surface area contributed by atoms with Gasteiger partial charge in [0.05, 0.1) is 18.7 Å². The number of benzene rings is 5. The number of nitrogens with zero attached hydrogens (tertiary/aromatic N) is 1. The van der Waals surface area contributed by atoms with E-state index in [9.17, 15) is 0 Å². The molecule has 0 aromatic heterocycles. The summed E-state index contributed by atoms with van der Waals surface area (Å²) in [7, 11) is -4.02. The Morgan fingerprint density at radius 3 is 1.30 bits per heavy atom. The number of hydrogen-bond donors (Lipinski definition) is 0. The number of rotatable bonds is 8. The summed E-state index contributed by atoms with van der Waals surface area (Å²) in [4.78, 5) is 0. The Morgan fingerprint density at radius 1 is 0.541 bits per heavy atom. The molecule has 0 aliphatic carbocycles. The van der Waals surface area contributed by atoms with Crippen molar-refractivity contribution < 1.29 is 9.30 Å². The third kappa shape index (κ3) is 5.25. The number of ether oxygens (including phenoxy) is 1. The normalized spacial score (nSPS) is 11.6. The Hall–Kier alpha value is -3.64. The molecule has 0 aliphatic heterocycles. The summed E-state index contributed by atoms with van der Waals surface area (Å²) >= 11 is 0. The van der Waals surface area contributed by atoms with E-state index in [1.807, 2.05) is 121 Å². The lowest BCUT2D eigenvalue weighted by Gasteiger charge is -2.31. The molecule has 0 unspecified atom stereocenters. The van der Waals surface area contributed by atoms with Crippen molar-refractivity contribution in [2.45, 2.75) is 0 Å². The van der Waals surface area contributed by atoms with E-state index in [1.54, 1.807) is 7.11 Å². The van der Waals surface area contributed by atoms with E-state index in [1.165, 1.54) is 0 Å². The van der Waals surface area contributed by atoms with Crippen LogP contribution in [-0.4, -0.2) is 13.0 Å². The Bertz CT molecular complexity index is 1450. The van der Waals surface area contributed by atoms with Gasteiger partial charge in [-0.05, 0) is 34.9 Å². The SMILES string of the molecule is COc1ccc(N=P(CP(=O)(c2ccccc2)c2ccccc2)(c2ccccc2)c2ccccc2)cc1. The molecule has 5 aromatic carbocycles. The molecule has 0 fully saturated rings. The molecule has 0 saturated carbocycles. The van der Waals surface area contributed by atoms with Crippen LogP contribution in [0.5, 0.6) is 5.75 Å². The standard InChI is InChI=1S/C32H29NO2P2/c1-35-28-24-22-27(23-25-28)33-36(29-14-6-2-7-15-29,30-16-8-3-9-17-30)26-37(34,31-18-10-4-11-19-31)32-20-12-5-13-21-32/h2-25H,26H2,1H3. The van der Waals surface area contributed by atoms with Crippen molar-refractivity contribution in [2.75, 3.05) is 13.0 Å². The zero-order chi connectivity index (χ0) is 25.6. The van der Waals surface area contributed by atoms with Crippen LogP contribution < -0.4 is 26.0 Å². The van der Waals surface area contributed by atoms with E-state index in [-0.39, 0.29) is 0 Å². The van der Waals surface area contributed by atoms with Crippen molar-refractivity contribution in [1.29, 1.82) is 0 Å². The minimum Gasteiger partial charge on any atom is -0.497 e. The lowest BCUT2D eigenvalue weighted by molar-refractivity contribution is 0.415. The van der Waals surface area contributed by atoms with Gasteiger partial charge in [-0.15, -0.1) is 0 Å². The molecule has 0 saturated heterocycles. The second-order valence-corrected chi connectivity index (χ2v) is 15.2. The van der Waals surface area contributed by atoms with Crippen molar-refractivity contribution in [2.24, 2.45) is 4.74 Å². The Kier molecular flexibility index (Phi) is 7.56. The van der Waals surface area contributed by atoms with Crippen LogP contribution in [0.4, 0.5) is 5.69 Å². The predicted molar refractivity (Wildman–Crippen MR) is 159 cm³/mol. The van der Waals surface area contributed by atoms with Crippen molar-refractivity contribution >= 4 is 41.1 Å². The van der Waals surface area contributed by atoms with Crippen molar-refractivity contribution in [3.63, 3.8) is 0 Å². The minimum atomic E-state index is -3.10. The van der Waals surface area contributed by atoms with E-state index in [2.05, 4.69) is 24.3 Å². The molecule has 184 valence electrons. The molecule has 0 heterocycles. The lowest BCUT2D eigenvalue weighted by atomic mass is 10.3. The van der Waals surface area contributed by atoms with E-state index in [0.717, 1.165) is 32.7 Å². The molecule has 5 rings (SSSR count). The maximum Gasteiger partial charge on any atom is 0.149 e. The quantitative estimate of drug-likeness (QED) is 0.204. The van der Waals surface area contributed by atoms with Gasteiger partial charge in [0.2, 0.25) is 0 Å². The van der Waals surface area contributed by atoms with Crippen molar-refractivity contribution in [1.82, 2.24) is 0 Å². The van der Waals surface area contributed by atoms with Crippen molar-refractivity contribution in [3.05, 3.63) is 146 Å². The largest absolute Gasteiger partial charge is 0.497 e. The van der Waals surface area contributed by atoms with Gasteiger partial charge in [-0.3, -0.25) is 4.74 Å². The van der Waals surface area contributed by atoms with Crippen LogP contribution in [0.25, 0.3) is 0 Å². The van der Waals surface area contributed by atoms with E-state index >= 15 is 4.57 Å². The first-order valence-electron chi connectivity index (χ1n) is 12.2. The van der Waals surface area contributed by atoms with E-state index < -0.39 is 14.2 Å². The third-order valence-corrected chi connectivity index (χ3v) is 14.8. The Balaban J connectivity index is 1.84. The predicted octanol–water partition coefficient (Wildman–Crippen LogP) is 7.15. The molecule has 0 atom stereocenters. The van der Waals surface area contributed by atoms with Gasteiger partial charge in [0, 0.05) is 17.7 Å². The maximum atomic E-state index is 15.4. The van der Waals surface area contributed by atoms with Gasteiger partial charge in [0.15, 0.2) is 0 Å². The molecule has 0 amide bonds. The highest BCUT2D eigenvalue weighted by Crippen LogP contribution is 2.62. The second-order valence-electron chi connectivity index (χ2n) is 8.79. The minimum absolute atomic E-state index is 0.411. The summed E-state index contributed by atoms with van der Waals surface area (Å²) in [5, 5.41) is 3.90. The average molecular weight is 522 g/mol. The summed E-state index contributed by atoms with van der Waals surface area (Å²) in [6.07, 6.45) is 0. The molecular weight excluding hydrogens is 492 g/mol. The molecule has 37 heavy (non-hydrogen) atoms. The molecule has 3 nitrogen and oxygen atoms in total. The molecule has 0 bridgehead atoms. The maximum absolute atomic E-state index is 15.4. The molecule has 5 heteroatoms. The third-order valence-electron chi connectivity index (χ3n) is 6.48. The van der Waals surface area contributed by atoms with Gasteiger partial charge in [-0.1, -0.05) is 121 Å². The monoisotopic (exact) mass is 521 g/mol. The van der Waals surface area contributed by atoms with Crippen LogP contribution in [0.3, 0.4) is 0 Å². The summed E-state index contributed by atoms with van der Waals surface area (Å²) in [5.74, 6) is 1.19. The number of hydrogen-bond acceptors (Lipinski definition) is 3. The van der Waals surface area contributed by atoms with Crippen LogP contribution in [0.2, 0.25) is 0 Å². The van der Waals surface area contributed by atoms with E-state index in [4.69, 9.17) is 9.48 Å². The van der Waals surface area contributed by atoms with Crippen LogP contribution >= 0.6 is 14.2 Å². The van der Waals surface area contributed by atoms with Gasteiger partial charge in [-0.25, -0.2) is 0 Å². The fourth-order valence-electron chi connectivity index (χ4n) is 4.59. The van der Waals surface area contributed by atoms with Gasteiger partial charge >= 0.3 is 0 Å². The summed E-state index contributed by atoms with van der Waals surface area (Å²) in [6.45, 7) is 0. The summed E-state index contributed by atoms with van der Waals surface area (Å²) in [6, 6.07) is 48.4. The zero-order valence-corrected chi connectivity index (χ0v) is 22.5. The Labute approximate surface area is 219 Å². The molecule has 5 aromatic rings. The van der Waals surface area contributed by atoms with Crippen LogP contribution in [0.1, 0.15) is 0 Å². The average Bonchev–Trinajstić information content (AvgIpc) is 2.99. The van der Waals surface area contributed by atoms with Gasteiger partial charge < -0.3 is 9.30 Å². The van der Waals surface area contributed by atoms with Crippen LogP contribution in [0.15, 0.2) is 150 Å². The first-order chi connectivity index (χ1) is 18.1. The van der Waals surface area contributed by atoms with Gasteiger partial charge in [0.1, 0.15) is 12.9 Å². The lowest BCUT2D eigenvalue weighted by Crippen LogP contribution is -2.25. The first kappa shape index (κ1) is 25.0. The zero-order valence-electron chi connectivity index (χ0n) is 20.7. The highest BCUT2D eigenvalue weighted by Gasteiger charge is 2.37. The molecule has 0 aliphatic rings. The van der Waals surface area contributed by atoms with Gasteiger partial charge in [0.25, 0.3) is 0 Å². The Morgan fingerprint density at radius 2 is 0.919 bits per heavy atom. The van der Waals surface area contributed by atoms with E-state index in [0.29, 0.717) is 5.90 Å². The van der Waals surface area contributed by atoms with Crippen molar-refractivity contribution in [3.8, 4) is 5.75 Å². The molecule has 0 N–H and O–H groups in total. The highest BCUT2D eigenvalue weighted by molar-refractivity contribution is 7.95. The van der Waals surface area contributed by atoms with Gasteiger partial charge in [-0.2, -0.15) is 0 Å². The fourth-order valence-corrected chi connectivity index (χ4v) is 13.8. The summed E-state index contributed by atoms with van der Waals surface area (Å²) in [5.41, 5.74) is 0.842. The summed E-state index contributed by atoms with van der Waals surface area (Å²) < 4.78 is 26.3. The highest BCUT2D eigenvalue weighted by atomic mass is 31.2. The first-order valence-corrected chi connectivity index (χ1v) is 16.0. The molecule has 0 spiro atoms. The van der Waals surface area contributed by atoms with Crippen LogP contribution in [-0.2, 0) is 4.57 Å². The number of methoxy groups -OCH3 is 1. The topological polar surface area (TPSA) is 38.7 Å².